The second-order valence-electron chi connectivity index (χ2n) is 15.6. The molecule has 45 heavy (non-hydrogen) atoms. The first-order valence-corrected chi connectivity index (χ1v) is 16.8. The Morgan fingerprint density at radius 2 is 1.71 bits per heavy atom. The van der Waals surface area contributed by atoms with Crippen LogP contribution in [0, 0.1) is 45.3 Å². The van der Waals surface area contributed by atoms with Crippen molar-refractivity contribution in [1.29, 1.82) is 0 Å². The molecule has 248 valence electrons. The van der Waals surface area contributed by atoms with Crippen LogP contribution >= 0.6 is 0 Å². The zero-order chi connectivity index (χ0) is 32.9. The predicted octanol–water partition coefficient (Wildman–Crippen LogP) is 5.12. The van der Waals surface area contributed by atoms with Gasteiger partial charge in [-0.05, 0) is 49.3 Å². The minimum Gasteiger partial charge on any atom is -0.472 e. The molecule has 13 unspecified atom stereocenters. The Hall–Kier alpha value is -2.49. The standard InChI is InChI=1S/C36H50O9/c1-9-19(3)30(39)44-26-16-24(37)35(8)22-11-13-33(6)23(15-25(38)36(33,41)21-12-14-42-17-21)34(22,7)29(45-31(40)20(4)10-2)27-28(35)32(26,5)18-43-27/h12,14-15,17,19-20,22,24,26-29,37,41H,9-11,13,16,18H2,1-8H3. The van der Waals surface area contributed by atoms with Gasteiger partial charge < -0.3 is 28.8 Å². The van der Waals surface area contributed by atoms with Crippen LogP contribution in [0.15, 0.2) is 34.7 Å². The van der Waals surface area contributed by atoms with E-state index >= 15 is 0 Å². The molecule has 9 nitrogen and oxygen atoms in total. The Bertz CT molecular complexity index is 1400. The molecule has 6 rings (SSSR count). The number of carbonyl (C=O) groups excluding carboxylic acids is 3. The number of esters is 2. The van der Waals surface area contributed by atoms with E-state index in [1.165, 1.54) is 12.5 Å². The lowest BCUT2D eigenvalue weighted by molar-refractivity contribution is -0.267. The fourth-order valence-electron chi connectivity index (χ4n) is 10.5. The monoisotopic (exact) mass is 626 g/mol. The quantitative estimate of drug-likeness (QED) is 0.396. The number of hydrogen-bond acceptors (Lipinski definition) is 9. The molecule has 0 amide bonds. The Morgan fingerprint density at radius 1 is 1.07 bits per heavy atom. The van der Waals surface area contributed by atoms with Crippen molar-refractivity contribution in [3.8, 4) is 0 Å². The summed E-state index contributed by atoms with van der Waals surface area (Å²) in [4.78, 5) is 40.6. The molecule has 0 spiro atoms. The van der Waals surface area contributed by atoms with Crippen molar-refractivity contribution < 1.29 is 43.2 Å². The van der Waals surface area contributed by atoms with E-state index in [2.05, 4.69) is 13.8 Å². The highest BCUT2D eigenvalue weighted by Gasteiger charge is 2.79. The summed E-state index contributed by atoms with van der Waals surface area (Å²) in [5.41, 5.74) is -4.08. The molecule has 2 N–H and O–H groups in total. The van der Waals surface area contributed by atoms with Crippen LogP contribution in [0.25, 0.3) is 0 Å². The molecular formula is C36H50O9. The maximum atomic E-state index is 13.9. The number of aliphatic hydroxyl groups is 2. The molecule has 1 aromatic rings. The maximum Gasteiger partial charge on any atom is 0.309 e. The molecule has 3 saturated carbocycles. The van der Waals surface area contributed by atoms with E-state index in [1.807, 2.05) is 41.5 Å². The molecular weight excluding hydrogens is 576 g/mol. The van der Waals surface area contributed by atoms with Crippen LogP contribution in [0.2, 0.25) is 0 Å². The van der Waals surface area contributed by atoms with E-state index in [-0.39, 0.29) is 48.6 Å². The minimum absolute atomic E-state index is 0.234. The summed E-state index contributed by atoms with van der Waals surface area (Å²) in [5, 5.41) is 24.5. The summed E-state index contributed by atoms with van der Waals surface area (Å²) < 4.78 is 24.7. The van der Waals surface area contributed by atoms with Crippen molar-refractivity contribution in [2.45, 2.75) is 118 Å². The molecule has 1 aromatic heterocycles. The van der Waals surface area contributed by atoms with Gasteiger partial charge in [-0.1, -0.05) is 55.4 Å². The van der Waals surface area contributed by atoms with Crippen LogP contribution in [0.3, 0.4) is 0 Å². The number of ketones is 1. The first kappa shape index (κ1) is 32.5. The SMILES string of the molecule is CCC(C)C(=O)OC1CC(O)C2(C)C3C(OCC13C)C(OC(=O)C(C)CC)C1(C)C3=CC(=O)C(O)(c4ccoc4)C3(C)CCC12. The van der Waals surface area contributed by atoms with Crippen LogP contribution in [0.1, 0.15) is 93.1 Å². The molecule has 2 heterocycles. The smallest absolute Gasteiger partial charge is 0.309 e. The van der Waals surface area contributed by atoms with Crippen molar-refractivity contribution in [3.63, 3.8) is 0 Å². The van der Waals surface area contributed by atoms with Gasteiger partial charge in [0.25, 0.3) is 0 Å². The van der Waals surface area contributed by atoms with Gasteiger partial charge in [-0.25, -0.2) is 0 Å². The van der Waals surface area contributed by atoms with Gasteiger partial charge in [0.15, 0.2) is 11.4 Å². The molecule has 5 aliphatic rings. The molecule has 0 bridgehead atoms. The molecule has 4 fully saturated rings. The summed E-state index contributed by atoms with van der Waals surface area (Å²) in [6, 6.07) is 1.63. The Morgan fingerprint density at radius 3 is 2.31 bits per heavy atom. The zero-order valence-electron chi connectivity index (χ0n) is 27.9. The van der Waals surface area contributed by atoms with Gasteiger partial charge in [-0.3, -0.25) is 14.4 Å². The Labute approximate surface area is 266 Å². The summed E-state index contributed by atoms with van der Waals surface area (Å²) in [6.07, 6.45) is 4.14. The highest BCUT2D eigenvalue weighted by atomic mass is 16.6. The van der Waals surface area contributed by atoms with Crippen LogP contribution < -0.4 is 0 Å². The second kappa shape index (κ2) is 10.5. The summed E-state index contributed by atoms with van der Waals surface area (Å²) in [7, 11) is 0. The average Bonchev–Trinajstić information content (AvgIpc) is 3.72. The van der Waals surface area contributed by atoms with E-state index in [9.17, 15) is 24.6 Å². The topological polar surface area (TPSA) is 132 Å². The third-order valence-corrected chi connectivity index (χ3v) is 13.6. The minimum atomic E-state index is -1.85. The van der Waals surface area contributed by atoms with Gasteiger partial charge in [-0.15, -0.1) is 0 Å². The van der Waals surface area contributed by atoms with Crippen molar-refractivity contribution in [1.82, 2.24) is 0 Å². The third-order valence-electron chi connectivity index (χ3n) is 13.6. The van der Waals surface area contributed by atoms with Crippen LogP contribution in [-0.4, -0.2) is 59.0 Å². The first-order chi connectivity index (χ1) is 21.1. The summed E-state index contributed by atoms with van der Waals surface area (Å²) >= 11 is 0. The van der Waals surface area contributed by atoms with Crippen molar-refractivity contribution in [2.75, 3.05) is 6.61 Å². The molecule has 13 atom stereocenters. The van der Waals surface area contributed by atoms with Crippen LogP contribution in [0.4, 0.5) is 0 Å². The van der Waals surface area contributed by atoms with Gasteiger partial charge in [0, 0.05) is 39.6 Å². The third kappa shape index (κ3) is 3.99. The number of furan rings is 1. The predicted molar refractivity (Wildman–Crippen MR) is 163 cm³/mol. The zero-order valence-corrected chi connectivity index (χ0v) is 27.9. The van der Waals surface area contributed by atoms with Gasteiger partial charge in [0.05, 0.1) is 43.2 Å². The van der Waals surface area contributed by atoms with E-state index in [1.54, 1.807) is 12.1 Å². The highest BCUT2D eigenvalue weighted by Crippen LogP contribution is 2.75. The Balaban J connectivity index is 1.50. The molecule has 1 saturated heterocycles. The Kier molecular flexibility index (Phi) is 7.58. The molecule has 1 aliphatic heterocycles. The number of fused-ring (bicyclic) bond motifs is 4. The van der Waals surface area contributed by atoms with Crippen LogP contribution in [0.5, 0.6) is 0 Å². The van der Waals surface area contributed by atoms with Gasteiger partial charge >= 0.3 is 11.9 Å². The number of aliphatic hydroxyl groups excluding tert-OH is 1. The highest BCUT2D eigenvalue weighted by molar-refractivity contribution is 6.03. The first-order valence-electron chi connectivity index (χ1n) is 16.8. The van der Waals surface area contributed by atoms with E-state index in [4.69, 9.17) is 18.6 Å². The van der Waals surface area contributed by atoms with Crippen LogP contribution in [-0.2, 0) is 34.2 Å². The van der Waals surface area contributed by atoms with Gasteiger partial charge in [0.1, 0.15) is 12.2 Å². The fraction of sp³-hybridized carbons (Fsp3) is 0.750. The molecule has 0 aromatic carbocycles. The fourth-order valence-corrected chi connectivity index (χ4v) is 10.5. The lowest BCUT2D eigenvalue weighted by atomic mass is 9.36. The lowest BCUT2D eigenvalue weighted by Crippen LogP contribution is -2.73. The van der Waals surface area contributed by atoms with E-state index < -0.39 is 57.5 Å². The van der Waals surface area contributed by atoms with E-state index in [0.717, 1.165) is 5.57 Å². The normalized spacial score (nSPS) is 46.4. The van der Waals surface area contributed by atoms with Gasteiger partial charge in [-0.2, -0.15) is 0 Å². The average molecular weight is 627 g/mol. The number of carbonyl (C=O) groups is 3. The largest absolute Gasteiger partial charge is 0.472 e. The van der Waals surface area contributed by atoms with E-state index in [0.29, 0.717) is 31.2 Å². The number of rotatable bonds is 7. The second-order valence-corrected chi connectivity index (χ2v) is 15.6. The van der Waals surface area contributed by atoms with Crippen molar-refractivity contribution >= 4 is 17.7 Å². The van der Waals surface area contributed by atoms with Crippen molar-refractivity contribution in [2.24, 2.45) is 45.3 Å². The molecule has 0 radical (unpaired) electrons. The maximum absolute atomic E-state index is 13.9. The molecule has 9 heteroatoms. The summed E-state index contributed by atoms with van der Waals surface area (Å²) in [5.74, 6) is -2.22. The van der Waals surface area contributed by atoms with Crippen molar-refractivity contribution in [3.05, 3.63) is 35.8 Å². The number of ether oxygens (including phenoxy) is 3. The number of hydrogen-bond donors (Lipinski definition) is 2. The lowest BCUT2D eigenvalue weighted by Gasteiger charge is -2.69. The molecule has 4 aliphatic carbocycles. The van der Waals surface area contributed by atoms with Gasteiger partial charge in [0.2, 0.25) is 0 Å². The summed E-state index contributed by atoms with van der Waals surface area (Å²) in [6.45, 7) is 16.0.